The fourth-order valence-corrected chi connectivity index (χ4v) is 3.34. The summed E-state index contributed by atoms with van der Waals surface area (Å²) in [7, 11) is 0. The number of aromatic nitrogens is 2. The fourth-order valence-electron chi connectivity index (χ4n) is 2.42. The van der Waals surface area contributed by atoms with Gasteiger partial charge in [0.1, 0.15) is 0 Å². The lowest BCUT2D eigenvalue weighted by molar-refractivity contribution is -0.121. The molecule has 0 spiro atoms. The van der Waals surface area contributed by atoms with Crippen molar-refractivity contribution >= 4 is 22.2 Å². The van der Waals surface area contributed by atoms with Gasteiger partial charge in [0.05, 0.1) is 18.2 Å². The van der Waals surface area contributed by atoms with E-state index in [1.165, 1.54) is 0 Å². The Hall–Kier alpha value is -1.40. The van der Waals surface area contributed by atoms with Crippen LogP contribution in [0.5, 0.6) is 0 Å². The lowest BCUT2D eigenvalue weighted by atomic mass is 9.82. The number of imidazole rings is 1. The highest BCUT2D eigenvalue weighted by Crippen LogP contribution is 2.26. The van der Waals surface area contributed by atoms with E-state index in [9.17, 15) is 9.90 Å². The van der Waals surface area contributed by atoms with Gasteiger partial charge in [-0.1, -0.05) is 0 Å². The molecule has 102 valence electrons. The minimum atomic E-state index is -0.160. The lowest BCUT2D eigenvalue weighted by Gasteiger charge is -2.31. The highest BCUT2D eigenvalue weighted by atomic mass is 32.1. The van der Waals surface area contributed by atoms with Gasteiger partial charge in [0, 0.05) is 23.8 Å². The summed E-state index contributed by atoms with van der Waals surface area (Å²) in [4.78, 5) is 17.2. The number of hydrogen-bond donors (Lipinski definition) is 2. The third-order valence-corrected chi connectivity index (χ3v) is 4.43. The highest BCUT2D eigenvalue weighted by molar-refractivity contribution is 7.15. The SMILES string of the molecule is Cc1cn2c(CC(=O)NCC3CC(O)C3)csc2n1. The van der Waals surface area contributed by atoms with Gasteiger partial charge in [0.15, 0.2) is 4.96 Å². The highest BCUT2D eigenvalue weighted by Gasteiger charge is 2.27. The number of carbonyl (C=O) groups is 1. The van der Waals surface area contributed by atoms with Crippen LogP contribution in [-0.4, -0.2) is 33.0 Å². The van der Waals surface area contributed by atoms with E-state index < -0.39 is 0 Å². The van der Waals surface area contributed by atoms with E-state index in [1.807, 2.05) is 22.9 Å². The number of thiazole rings is 1. The van der Waals surface area contributed by atoms with E-state index in [-0.39, 0.29) is 12.0 Å². The molecule has 5 nitrogen and oxygen atoms in total. The molecule has 3 rings (SSSR count). The second-order valence-corrected chi connectivity index (χ2v) is 6.07. The maximum absolute atomic E-state index is 11.9. The summed E-state index contributed by atoms with van der Waals surface area (Å²) in [5.74, 6) is 0.476. The number of aliphatic hydroxyl groups is 1. The molecule has 0 atom stereocenters. The molecule has 1 aliphatic rings. The molecule has 1 saturated carbocycles. The molecule has 0 bridgehead atoms. The van der Waals surface area contributed by atoms with Crippen LogP contribution < -0.4 is 5.32 Å². The Morgan fingerprint density at radius 3 is 3.16 bits per heavy atom. The van der Waals surface area contributed by atoms with E-state index >= 15 is 0 Å². The molecule has 6 heteroatoms. The van der Waals surface area contributed by atoms with Gasteiger partial charge in [-0.3, -0.25) is 9.20 Å². The monoisotopic (exact) mass is 279 g/mol. The topological polar surface area (TPSA) is 66.6 Å². The van der Waals surface area contributed by atoms with Crippen LogP contribution in [0, 0.1) is 12.8 Å². The molecule has 1 aliphatic carbocycles. The molecule has 2 heterocycles. The third-order valence-electron chi connectivity index (χ3n) is 3.54. The average molecular weight is 279 g/mol. The Bertz CT molecular complexity index is 598. The standard InChI is InChI=1S/C13H17N3O2S/c1-8-6-16-10(7-19-13(16)15-8)4-12(18)14-5-9-2-11(17)3-9/h6-7,9,11,17H,2-5H2,1H3,(H,14,18). The van der Waals surface area contributed by atoms with E-state index in [0.29, 0.717) is 18.9 Å². The molecule has 2 aromatic rings. The molecule has 2 N–H and O–H groups in total. The largest absolute Gasteiger partial charge is 0.393 e. The van der Waals surface area contributed by atoms with Crippen LogP contribution in [0.25, 0.3) is 4.96 Å². The third kappa shape index (κ3) is 2.64. The summed E-state index contributed by atoms with van der Waals surface area (Å²) in [6.07, 6.45) is 3.79. The molecule has 2 aromatic heterocycles. The first-order valence-electron chi connectivity index (χ1n) is 6.48. The Balaban J connectivity index is 1.56. The quantitative estimate of drug-likeness (QED) is 0.882. The summed E-state index contributed by atoms with van der Waals surface area (Å²) < 4.78 is 1.98. The number of carbonyl (C=O) groups excluding carboxylic acids is 1. The first kappa shape index (κ1) is 12.6. The second kappa shape index (κ2) is 4.94. The summed E-state index contributed by atoms with van der Waals surface area (Å²) in [5.41, 5.74) is 1.95. The van der Waals surface area contributed by atoms with Crippen LogP contribution >= 0.6 is 11.3 Å². The maximum atomic E-state index is 11.9. The molecule has 0 aromatic carbocycles. The van der Waals surface area contributed by atoms with Crippen LogP contribution in [0.2, 0.25) is 0 Å². The second-order valence-electron chi connectivity index (χ2n) is 5.23. The maximum Gasteiger partial charge on any atom is 0.225 e. The predicted octanol–water partition coefficient (Wildman–Crippen LogP) is 1.13. The Labute approximate surface area is 115 Å². The zero-order valence-corrected chi connectivity index (χ0v) is 11.6. The molecule has 0 unspecified atom stereocenters. The summed E-state index contributed by atoms with van der Waals surface area (Å²) in [6, 6.07) is 0. The van der Waals surface area contributed by atoms with Crippen molar-refractivity contribution in [1.82, 2.24) is 14.7 Å². The molecular weight excluding hydrogens is 262 g/mol. The van der Waals surface area contributed by atoms with Crippen molar-refractivity contribution in [2.75, 3.05) is 6.54 Å². The fraction of sp³-hybridized carbons (Fsp3) is 0.538. The molecule has 0 aliphatic heterocycles. The number of aryl methyl sites for hydroxylation is 1. The average Bonchev–Trinajstić information content (AvgIpc) is 2.84. The van der Waals surface area contributed by atoms with Crippen molar-refractivity contribution in [2.45, 2.75) is 32.3 Å². The zero-order valence-electron chi connectivity index (χ0n) is 10.8. The van der Waals surface area contributed by atoms with Gasteiger partial charge in [-0.2, -0.15) is 0 Å². The Kier molecular flexibility index (Phi) is 3.28. The van der Waals surface area contributed by atoms with Crippen LogP contribution in [-0.2, 0) is 11.2 Å². The van der Waals surface area contributed by atoms with Crippen molar-refractivity contribution in [3.8, 4) is 0 Å². The van der Waals surface area contributed by atoms with Crippen LogP contribution in [0.15, 0.2) is 11.6 Å². The number of hydrogen-bond acceptors (Lipinski definition) is 4. The van der Waals surface area contributed by atoms with E-state index in [4.69, 9.17) is 0 Å². The minimum Gasteiger partial charge on any atom is -0.393 e. The van der Waals surface area contributed by atoms with E-state index in [0.717, 1.165) is 29.2 Å². The summed E-state index contributed by atoms with van der Waals surface area (Å²) in [5, 5.41) is 14.1. The van der Waals surface area contributed by atoms with Gasteiger partial charge in [-0.25, -0.2) is 4.98 Å². The van der Waals surface area contributed by atoms with Crippen LogP contribution in [0.4, 0.5) is 0 Å². The van der Waals surface area contributed by atoms with Crippen LogP contribution in [0.1, 0.15) is 24.2 Å². The van der Waals surface area contributed by atoms with E-state index in [1.54, 1.807) is 11.3 Å². The van der Waals surface area contributed by atoms with Gasteiger partial charge >= 0.3 is 0 Å². The van der Waals surface area contributed by atoms with Crippen molar-refractivity contribution in [3.05, 3.63) is 23.0 Å². The van der Waals surface area contributed by atoms with Crippen molar-refractivity contribution < 1.29 is 9.90 Å². The van der Waals surface area contributed by atoms with Crippen molar-refractivity contribution in [2.24, 2.45) is 5.92 Å². The van der Waals surface area contributed by atoms with Gasteiger partial charge in [0.2, 0.25) is 5.91 Å². The molecular formula is C13H17N3O2S. The van der Waals surface area contributed by atoms with Crippen LogP contribution in [0.3, 0.4) is 0 Å². The number of nitrogens with one attached hydrogen (secondary N) is 1. The summed E-state index contributed by atoms with van der Waals surface area (Å²) in [6.45, 7) is 2.62. The number of rotatable bonds is 4. The first-order chi connectivity index (χ1) is 9.11. The molecule has 1 amide bonds. The number of aliphatic hydroxyl groups excluding tert-OH is 1. The molecule has 1 fully saturated rings. The predicted molar refractivity (Wildman–Crippen MR) is 73.3 cm³/mol. The van der Waals surface area contributed by atoms with Gasteiger partial charge in [0.25, 0.3) is 0 Å². The van der Waals surface area contributed by atoms with Crippen molar-refractivity contribution in [3.63, 3.8) is 0 Å². The normalized spacial score (nSPS) is 22.4. The van der Waals surface area contributed by atoms with Gasteiger partial charge < -0.3 is 10.4 Å². The van der Waals surface area contributed by atoms with E-state index in [2.05, 4.69) is 10.3 Å². The number of amides is 1. The number of fused-ring (bicyclic) bond motifs is 1. The zero-order chi connectivity index (χ0) is 13.4. The van der Waals surface area contributed by atoms with Gasteiger partial charge in [-0.05, 0) is 25.7 Å². The smallest absolute Gasteiger partial charge is 0.225 e. The van der Waals surface area contributed by atoms with Crippen molar-refractivity contribution in [1.29, 1.82) is 0 Å². The molecule has 0 radical (unpaired) electrons. The Morgan fingerprint density at radius 1 is 1.63 bits per heavy atom. The minimum absolute atomic E-state index is 0.0347. The Morgan fingerprint density at radius 2 is 2.42 bits per heavy atom. The first-order valence-corrected chi connectivity index (χ1v) is 7.36. The molecule has 19 heavy (non-hydrogen) atoms. The lowest BCUT2D eigenvalue weighted by Crippen LogP contribution is -2.38. The number of nitrogens with zero attached hydrogens (tertiary/aromatic N) is 2. The summed E-state index contributed by atoms with van der Waals surface area (Å²) >= 11 is 1.56. The molecule has 0 saturated heterocycles. The van der Waals surface area contributed by atoms with Gasteiger partial charge in [-0.15, -0.1) is 11.3 Å².